The number of carbonyl (C=O) groups excluding carboxylic acids is 1. The highest BCUT2D eigenvalue weighted by atomic mass is 16.5. The van der Waals surface area contributed by atoms with Crippen molar-refractivity contribution >= 4 is 23.5 Å². The molecule has 1 aliphatic heterocycles. The molecule has 0 saturated carbocycles. The van der Waals surface area contributed by atoms with Gasteiger partial charge in [-0.15, -0.1) is 0 Å². The second-order valence-electron chi connectivity index (χ2n) is 7.10. The summed E-state index contributed by atoms with van der Waals surface area (Å²) >= 11 is 0. The van der Waals surface area contributed by atoms with E-state index in [0.29, 0.717) is 6.54 Å². The number of carboxylic acid groups (broad SMARTS) is 2. The first-order valence-corrected chi connectivity index (χ1v) is 9.71. The van der Waals surface area contributed by atoms with Crippen molar-refractivity contribution in [3.63, 3.8) is 0 Å². The van der Waals surface area contributed by atoms with E-state index < -0.39 is 11.9 Å². The first kappa shape index (κ1) is 23.8. The summed E-state index contributed by atoms with van der Waals surface area (Å²) in [6.45, 7) is 4.44. The third-order valence-corrected chi connectivity index (χ3v) is 4.57. The quantitative estimate of drug-likeness (QED) is 0.585. The van der Waals surface area contributed by atoms with Crippen LogP contribution < -0.4 is 10.6 Å². The van der Waals surface area contributed by atoms with E-state index in [9.17, 15) is 4.79 Å². The maximum Gasteiger partial charge on any atom is 0.414 e. The van der Waals surface area contributed by atoms with Gasteiger partial charge in [-0.25, -0.2) is 9.59 Å². The zero-order chi connectivity index (χ0) is 22.8. The molecular weight excluding hydrogens is 402 g/mol. The number of amides is 1. The summed E-state index contributed by atoms with van der Waals surface area (Å²) < 4.78 is 5.41. The Kier molecular flexibility index (Phi) is 8.98. The van der Waals surface area contributed by atoms with Crippen LogP contribution in [0.3, 0.4) is 0 Å². The molecule has 1 heterocycles. The molecule has 0 atom stereocenters. The van der Waals surface area contributed by atoms with Gasteiger partial charge in [0.15, 0.2) is 0 Å². The Balaban J connectivity index is 0.000000501. The number of rotatable bonds is 6. The zero-order valence-corrected chi connectivity index (χ0v) is 17.4. The molecule has 0 bridgehead atoms. The molecule has 2 aromatic carbocycles. The highest BCUT2D eigenvalue weighted by Gasteiger charge is 2.11. The average Bonchev–Trinajstić information content (AvgIpc) is 2.74. The highest BCUT2D eigenvalue weighted by Crippen LogP contribution is 2.25. The normalized spacial score (nSPS) is 13.3. The summed E-state index contributed by atoms with van der Waals surface area (Å²) in [5, 5.41) is 14.8. The van der Waals surface area contributed by atoms with Crippen LogP contribution >= 0.6 is 0 Å². The van der Waals surface area contributed by atoms with E-state index in [1.54, 1.807) is 0 Å². The van der Waals surface area contributed by atoms with Crippen molar-refractivity contribution in [2.24, 2.45) is 5.73 Å². The van der Waals surface area contributed by atoms with Crippen molar-refractivity contribution in [1.29, 1.82) is 0 Å². The predicted molar refractivity (Wildman–Crippen MR) is 116 cm³/mol. The lowest BCUT2D eigenvalue weighted by molar-refractivity contribution is -0.159. The highest BCUT2D eigenvalue weighted by molar-refractivity contribution is 6.27. The lowest BCUT2D eigenvalue weighted by Gasteiger charge is -2.29. The van der Waals surface area contributed by atoms with Gasteiger partial charge in [-0.05, 0) is 41.9 Å². The third-order valence-electron chi connectivity index (χ3n) is 4.57. The van der Waals surface area contributed by atoms with Crippen molar-refractivity contribution in [3.05, 3.63) is 54.1 Å². The number of hydrogen-bond donors (Lipinski definition) is 3. The molecule has 0 spiro atoms. The Hall–Kier alpha value is -3.43. The third kappa shape index (κ3) is 8.07. The number of likely N-dealkylation sites (N-methyl/N-ethyl adjacent to an activating group) is 1. The molecular formula is C22H27N3O6. The number of benzene rings is 2. The Morgan fingerprint density at radius 3 is 2.16 bits per heavy atom. The van der Waals surface area contributed by atoms with Gasteiger partial charge in [0.05, 0.1) is 19.8 Å². The summed E-state index contributed by atoms with van der Waals surface area (Å²) in [4.78, 5) is 33.5. The molecule has 1 amide bonds. The van der Waals surface area contributed by atoms with Crippen molar-refractivity contribution in [1.82, 2.24) is 4.90 Å². The Labute approximate surface area is 180 Å². The monoisotopic (exact) mass is 429 g/mol. The minimum Gasteiger partial charge on any atom is -0.473 e. The van der Waals surface area contributed by atoms with Crippen molar-refractivity contribution in [2.75, 3.05) is 44.8 Å². The molecule has 9 nitrogen and oxygen atoms in total. The van der Waals surface area contributed by atoms with Gasteiger partial charge < -0.3 is 25.6 Å². The number of carbonyl (C=O) groups is 3. The molecule has 1 aliphatic rings. The fourth-order valence-electron chi connectivity index (χ4n) is 3.17. The predicted octanol–water partition coefficient (Wildman–Crippen LogP) is 1.26. The van der Waals surface area contributed by atoms with Gasteiger partial charge in [0.2, 0.25) is 5.91 Å². The van der Waals surface area contributed by atoms with Gasteiger partial charge >= 0.3 is 11.9 Å². The second kappa shape index (κ2) is 11.7. The number of nitrogens with two attached hydrogens (primary N) is 1. The minimum absolute atomic E-state index is 0.262. The maximum atomic E-state index is 11.0. The number of primary amides is 1. The molecule has 1 saturated heterocycles. The van der Waals surface area contributed by atoms with E-state index in [4.69, 9.17) is 30.3 Å². The van der Waals surface area contributed by atoms with E-state index in [2.05, 4.69) is 53.4 Å². The summed E-state index contributed by atoms with van der Waals surface area (Å²) in [5.74, 6) is -3.96. The van der Waals surface area contributed by atoms with E-state index >= 15 is 0 Å². The molecule has 0 radical (unpaired) electrons. The summed E-state index contributed by atoms with van der Waals surface area (Å²) in [7, 11) is 1.90. The Bertz CT molecular complexity index is 882. The van der Waals surface area contributed by atoms with E-state index in [1.165, 1.54) is 22.4 Å². The van der Waals surface area contributed by atoms with Crippen molar-refractivity contribution in [2.45, 2.75) is 6.54 Å². The van der Waals surface area contributed by atoms with Gasteiger partial charge in [-0.3, -0.25) is 9.69 Å². The van der Waals surface area contributed by atoms with Gasteiger partial charge in [0.25, 0.3) is 0 Å². The van der Waals surface area contributed by atoms with Crippen LogP contribution in [0.5, 0.6) is 0 Å². The topological polar surface area (TPSA) is 133 Å². The number of nitrogens with zero attached hydrogens (tertiary/aromatic N) is 2. The van der Waals surface area contributed by atoms with Gasteiger partial charge in [-0.2, -0.15) is 0 Å². The van der Waals surface area contributed by atoms with Crippen LogP contribution in [0.1, 0.15) is 5.56 Å². The van der Waals surface area contributed by atoms with Gasteiger partial charge in [0.1, 0.15) is 0 Å². The summed E-state index contributed by atoms with van der Waals surface area (Å²) in [5.41, 5.74) is 10.0. The Morgan fingerprint density at radius 2 is 1.61 bits per heavy atom. The molecule has 31 heavy (non-hydrogen) atoms. The van der Waals surface area contributed by atoms with Crippen LogP contribution in [0, 0.1) is 0 Å². The molecule has 2 aromatic rings. The second-order valence-corrected chi connectivity index (χ2v) is 7.10. The molecule has 166 valence electrons. The van der Waals surface area contributed by atoms with Crippen molar-refractivity contribution < 1.29 is 29.3 Å². The fraction of sp³-hybridized carbons (Fsp3) is 0.318. The first-order valence-electron chi connectivity index (χ1n) is 9.71. The largest absolute Gasteiger partial charge is 0.473 e. The lowest BCUT2D eigenvalue weighted by Crippen LogP contribution is -2.36. The number of anilines is 1. The van der Waals surface area contributed by atoms with Crippen LogP contribution in [0.25, 0.3) is 11.1 Å². The van der Waals surface area contributed by atoms with Crippen molar-refractivity contribution in [3.8, 4) is 11.1 Å². The summed E-state index contributed by atoms with van der Waals surface area (Å²) in [6.07, 6.45) is 0. The van der Waals surface area contributed by atoms with E-state index in [0.717, 1.165) is 26.3 Å². The van der Waals surface area contributed by atoms with Crippen LogP contribution in [0.2, 0.25) is 0 Å². The Morgan fingerprint density at radius 1 is 1.00 bits per heavy atom. The number of aliphatic carboxylic acids is 2. The standard InChI is InChI=1S/C20H25N3O2.C2H2O4/c1-22(15-20(21)24)14-16-3-2-4-18(13-16)17-5-7-19(8-6-17)23-9-11-25-12-10-23;3-1(4)2(5)6/h2-8,13H,9-12,14-15H2,1H3,(H2,21,24);(H,3,4)(H,5,6). The number of ether oxygens (including phenoxy) is 1. The number of carboxylic acids is 2. The first-order chi connectivity index (χ1) is 14.8. The van der Waals surface area contributed by atoms with Gasteiger partial charge in [-0.1, -0.05) is 30.3 Å². The lowest BCUT2D eigenvalue weighted by atomic mass is 10.0. The number of hydrogen-bond acceptors (Lipinski definition) is 6. The number of morpholine rings is 1. The van der Waals surface area contributed by atoms with Crippen LogP contribution in [-0.4, -0.2) is 72.9 Å². The molecule has 3 rings (SSSR count). The average molecular weight is 429 g/mol. The molecule has 4 N–H and O–H groups in total. The molecule has 0 unspecified atom stereocenters. The molecule has 0 aliphatic carbocycles. The van der Waals surface area contributed by atoms with Gasteiger partial charge in [0, 0.05) is 25.3 Å². The fourth-order valence-corrected chi connectivity index (χ4v) is 3.17. The van der Waals surface area contributed by atoms with Crippen LogP contribution in [0.15, 0.2) is 48.5 Å². The van der Waals surface area contributed by atoms with E-state index in [1.807, 2.05) is 11.9 Å². The molecule has 0 aromatic heterocycles. The maximum absolute atomic E-state index is 11.0. The van der Waals surface area contributed by atoms with Crippen LogP contribution in [-0.2, 0) is 25.7 Å². The van der Waals surface area contributed by atoms with E-state index in [-0.39, 0.29) is 12.5 Å². The minimum atomic E-state index is -1.82. The van der Waals surface area contributed by atoms with Crippen LogP contribution in [0.4, 0.5) is 5.69 Å². The molecule has 9 heteroatoms. The summed E-state index contributed by atoms with van der Waals surface area (Å²) in [6, 6.07) is 17.1. The smallest absolute Gasteiger partial charge is 0.414 e. The zero-order valence-electron chi connectivity index (χ0n) is 17.4. The SMILES string of the molecule is CN(CC(N)=O)Cc1cccc(-c2ccc(N3CCOCC3)cc2)c1.O=C(O)C(=O)O. The molecule has 1 fully saturated rings.